The molecule has 6 heteroatoms. The van der Waals surface area contributed by atoms with Gasteiger partial charge in [0.2, 0.25) is 0 Å². The van der Waals surface area contributed by atoms with E-state index in [9.17, 15) is 4.79 Å². The van der Waals surface area contributed by atoms with Gasteiger partial charge in [0.15, 0.2) is 11.5 Å². The summed E-state index contributed by atoms with van der Waals surface area (Å²) in [5.74, 6) is 0.324. The highest BCUT2D eigenvalue weighted by molar-refractivity contribution is 5.68. The third-order valence-electron chi connectivity index (χ3n) is 2.88. The summed E-state index contributed by atoms with van der Waals surface area (Å²) in [7, 11) is 4.55. The van der Waals surface area contributed by atoms with Crippen LogP contribution in [-0.4, -0.2) is 38.9 Å². The first-order chi connectivity index (χ1) is 9.07. The average Bonchev–Trinajstić information content (AvgIpc) is 2.42. The van der Waals surface area contributed by atoms with E-state index in [1.54, 1.807) is 12.1 Å². The fourth-order valence-electron chi connectivity index (χ4n) is 1.90. The zero-order chi connectivity index (χ0) is 14.4. The van der Waals surface area contributed by atoms with Crippen molar-refractivity contribution >= 4 is 5.97 Å². The van der Waals surface area contributed by atoms with Gasteiger partial charge in [-0.3, -0.25) is 4.79 Å². The van der Waals surface area contributed by atoms with E-state index in [0.717, 1.165) is 0 Å². The van der Waals surface area contributed by atoms with Crippen molar-refractivity contribution in [1.29, 1.82) is 0 Å². The summed E-state index contributed by atoms with van der Waals surface area (Å²) >= 11 is 0. The normalized spacial score (nSPS) is 11.8. The van der Waals surface area contributed by atoms with Crippen molar-refractivity contribution in [3.63, 3.8) is 0 Å². The maximum atomic E-state index is 10.9. The SMILES string of the molecule is COc1cc(OC)c(C(CN)CC(=O)O)cc1OC. The summed E-state index contributed by atoms with van der Waals surface area (Å²) < 4.78 is 15.7. The van der Waals surface area contributed by atoms with Crippen LogP contribution in [0.5, 0.6) is 17.2 Å². The number of hydrogen-bond acceptors (Lipinski definition) is 5. The van der Waals surface area contributed by atoms with Crippen LogP contribution in [-0.2, 0) is 4.79 Å². The smallest absolute Gasteiger partial charge is 0.304 e. The van der Waals surface area contributed by atoms with Crippen molar-refractivity contribution in [2.24, 2.45) is 5.73 Å². The minimum atomic E-state index is -0.910. The van der Waals surface area contributed by atoms with Crippen LogP contribution in [0.15, 0.2) is 12.1 Å². The van der Waals surface area contributed by atoms with E-state index in [4.69, 9.17) is 25.1 Å². The first-order valence-electron chi connectivity index (χ1n) is 5.79. The second-order valence-electron chi connectivity index (χ2n) is 3.98. The molecule has 106 valence electrons. The first-order valence-corrected chi connectivity index (χ1v) is 5.79. The van der Waals surface area contributed by atoms with Gasteiger partial charge < -0.3 is 25.1 Å². The van der Waals surface area contributed by atoms with E-state index < -0.39 is 5.97 Å². The van der Waals surface area contributed by atoms with Crippen LogP contribution in [0.3, 0.4) is 0 Å². The monoisotopic (exact) mass is 269 g/mol. The third kappa shape index (κ3) is 3.51. The number of hydrogen-bond donors (Lipinski definition) is 2. The Kier molecular flexibility index (Phi) is 5.44. The quantitative estimate of drug-likeness (QED) is 0.773. The predicted octanol–water partition coefficient (Wildman–Crippen LogP) is 1.23. The molecule has 1 rings (SSSR count). The van der Waals surface area contributed by atoms with Crippen molar-refractivity contribution < 1.29 is 24.1 Å². The molecule has 0 aliphatic carbocycles. The van der Waals surface area contributed by atoms with Gasteiger partial charge >= 0.3 is 5.97 Å². The number of carbonyl (C=O) groups is 1. The Balaban J connectivity index is 3.26. The molecule has 0 aliphatic heterocycles. The lowest BCUT2D eigenvalue weighted by Gasteiger charge is -2.19. The van der Waals surface area contributed by atoms with Gasteiger partial charge in [-0.2, -0.15) is 0 Å². The van der Waals surface area contributed by atoms with E-state index in [1.807, 2.05) is 0 Å². The number of aliphatic carboxylic acids is 1. The van der Waals surface area contributed by atoms with Gasteiger partial charge in [-0.25, -0.2) is 0 Å². The molecule has 0 saturated carbocycles. The van der Waals surface area contributed by atoms with E-state index in [0.29, 0.717) is 22.8 Å². The zero-order valence-electron chi connectivity index (χ0n) is 11.3. The summed E-state index contributed by atoms with van der Waals surface area (Å²) in [6.07, 6.45) is -0.0671. The molecule has 1 aromatic rings. The van der Waals surface area contributed by atoms with Gasteiger partial charge in [0, 0.05) is 17.5 Å². The van der Waals surface area contributed by atoms with Gasteiger partial charge in [0.25, 0.3) is 0 Å². The zero-order valence-corrected chi connectivity index (χ0v) is 11.3. The Labute approximate surface area is 112 Å². The molecule has 1 atom stereocenters. The highest BCUT2D eigenvalue weighted by Gasteiger charge is 2.21. The molecular weight excluding hydrogens is 250 g/mol. The van der Waals surface area contributed by atoms with Crippen LogP contribution in [0.2, 0.25) is 0 Å². The minimum absolute atomic E-state index is 0.0671. The Hall–Kier alpha value is -1.95. The number of carboxylic acid groups (broad SMARTS) is 1. The van der Waals surface area contributed by atoms with Crippen molar-refractivity contribution in [2.45, 2.75) is 12.3 Å². The predicted molar refractivity (Wildman–Crippen MR) is 70.1 cm³/mol. The second kappa shape index (κ2) is 6.84. The molecule has 0 spiro atoms. The fourth-order valence-corrected chi connectivity index (χ4v) is 1.90. The Morgan fingerprint density at radius 2 is 1.68 bits per heavy atom. The number of ether oxygens (including phenoxy) is 3. The van der Waals surface area contributed by atoms with Crippen LogP contribution >= 0.6 is 0 Å². The summed E-state index contributed by atoms with van der Waals surface area (Å²) in [4.78, 5) is 10.9. The maximum Gasteiger partial charge on any atom is 0.304 e. The molecule has 0 aliphatic rings. The highest BCUT2D eigenvalue weighted by atomic mass is 16.5. The van der Waals surface area contributed by atoms with Crippen molar-refractivity contribution in [1.82, 2.24) is 0 Å². The van der Waals surface area contributed by atoms with E-state index in [1.165, 1.54) is 21.3 Å². The van der Waals surface area contributed by atoms with Crippen LogP contribution in [0.1, 0.15) is 17.9 Å². The fraction of sp³-hybridized carbons (Fsp3) is 0.462. The molecule has 0 heterocycles. The number of methoxy groups -OCH3 is 3. The molecule has 1 aromatic carbocycles. The summed E-state index contributed by atoms with van der Waals surface area (Å²) in [6.45, 7) is 0.206. The maximum absolute atomic E-state index is 10.9. The highest BCUT2D eigenvalue weighted by Crippen LogP contribution is 2.38. The van der Waals surface area contributed by atoms with E-state index in [2.05, 4.69) is 0 Å². The van der Waals surface area contributed by atoms with Gasteiger partial charge in [0.05, 0.1) is 27.8 Å². The average molecular weight is 269 g/mol. The Morgan fingerprint density at radius 1 is 1.16 bits per heavy atom. The Bertz CT molecular complexity index is 447. The minimum Gasteiger partial charge on any atom is -0.496 e. The van der Waals surface area contributed by atoms with Crippen LogP contribution in [0.4, 0.5) is 0 Å². The molecule has 3 N–H and O–H groups in total. The lowest BCUT2D eigenvalue weighted by molar-refractivity contribution is -0.137. The summed E-state index contributed by atoms with van der Waals surface area (Å²) in [5, 5.41) is 8.91. The van der Waals surface area contributed by atoms with E-state index >= 15 is 0 Å². The van der Waals surface area contributed by atoms with Gasteiger partial charge in [-0.1, -0.05) is 0 Å². The molecule has 0 bridgehead atoms. The molecule has 1 unspecified atom stereocenters. The van der Waals surface area contributed by atoms with Crippen molar-refractivity contribution in [3.05, 3.63) is 17.7 Å². The molecular formula is C13H19NO5. The van der Waals surface area contributed by atoms with Crippen molar-refractivity contribution in [2.75, 3.05) is 27.9 Å². The van der Waals surface area contributed by atoms with Crippen LogP contribution < -0.4 is 19.9 Å². The molecule has 0 radical (unpaired) electrons. The van der Waals surface area contributed by atoms with Gasteiger partial charge in [-0.05, 0) is 12.6 Å². The van der Waals surface area contributed by atoms with Crippen molar-refractivity contribution in [3.8, 4) is 17.2 Å². The van der Waals surface area contributed by atoms with Crippen LogP contribution in [0.25, 0.3) is 0 Å². The number of carboxylic acids is 1. The molecule has 0 saturated heterocycles. The van der Waals surface area contributed by atoms with Crippen LogP contribution in [0, 0.1) is 0 Å². The topological polar surface area (TPSA) is 91.0 Å². The van der Waals surface area contributed by atoms with Gasteiger partial charge in [0.1, 0.15) is 5.75 Å². The number of rotatable bonds is 7. The first kappa shape index (κ1) is 15.1. The third-order valence-corrected chi connectivity index (χ3v) is 2.88. The van der Waals surface area contributed by atoms with E-state index in [-0.39, 0.29) is 18.9 Å². The lowest BCUT2D eigenvalue weighted by atomic mass is 9.94. The largest absolute Gasteiger partial charge is 0.496 e. The summed E-state index contributed by atoms with van der Waals surface area (Å²) in [6, 6.07) is 3.37. The molecule has 6 nitrogen and oxygen atoms in total. The molecule has 0 aromatic heterocycles. The molecule has 0 fully saturated rings. The molecule has 0 amide bonds. The summed E-state index contributed by atoms with van der Waals surface area (Å²) in [5.41, 5.74) is 6.35. The second-order valence-corrected chi connectivity index (χ2v) is 3.98. The Morgan fingerprint density at radius 3 is 2.11 bits per heavy atom. The molecule has 19 heavy (non-hydrogen) atoms. The van der Waals surface area contributed by atoms with Gasteiger partial charge in [-0.15, -0.1) is 0 Å². The number of nitrogens with two attached hydrogens (primary N) is 1. The standard InChI is InChI=1S/C13H19NO5/c1-17-10-6-12(19-3)11(18-2)5-9(10)8(7-14)4-13(15)16/h5-6,8H,4,7,14H2,1-3H3,(H,15,16). The number of benzene rings is 1. The lowest BCUT2D eigenvalue weighted by Crippen LogP contribution is -2.17.